The van der Waals surface area contributed by atoms with E-state index in [1.54, 1.807) is 30.5 Å². The molecule has 1 atom stereocenters. The number of anilines is 2. The summed E-state index contributed by atoms with van der Waals surface area (Å²) < 4.78 is 7.54. The molecule has 372 valence electrons. The molecule has 0 radical (unpaired) electrons. The van der Waals surface area contributed by atoms with E-state index in [0.717, 1.165) is 106 Å². The first-order chi connectivity index (χ1) is 34.2. The molecule has 0 saturated carbocycles. The van der Waals surface area contributed by atoms with E-state index >= 15 is 0 Å². The van der Waals surface area contributed by atoms with Crippen LogP contribution in [0.2, 0.25) is 0 Å². The molecule has 7 heterocycles. The summed E-state index contributed by atoms with van der Waals surface area (Å²) in [6, 6.07) is 21.2. The molecule has 4 aliphatic heterocycles. The minimum atomic E-state index is -0.597. The molecule has 4 fully saturated rings. The van der Waals surface area contributed by atoms with Crippen molar-refractivity contribution >= 4 is 58.3 Å². The third-order valence-corrected chi connectivity index (χ3v) is 14.5. The predicted molar refractivity (Wildman–Crippen MR) is 275 cm³/mol. The van der Waals surface area contributed by atoms with Crippen LogP contribution in [0.4, 0.5) is 16.3 Å². The Hall–Kier alpha value is -6.91. The van der Waals surface area contributed by atoms with Crippen molar-refractivity contribution in [3.63, 3.8) is 0 Å². The van der Waals surface area contributed by atoms with E-state index in [1.165, 1.54) is 11.3 Å². The standard InChI is InChI=1S/C55H66N10O6/c1-6-37-31-42(58-47-14-16-49(66)60-51(47)67)12-13-45(37)53(69)65-29-27-63(28-30-65)34-36-18-25-64(26-19-36)52(68)40-9-7-38(8-10-40)39-20-23-62(24-21-39)35-43-32-46-44(17-22-56-50(46)61(43)5)41-11-15-48(57-33-41)59-54(70)71-55(2,3)4/h6-13,15,17,22,31-33,36,39,47,58H,1,14,16,18-21,23-30,34-35H2,2-5H3,(H,57,59,70)(H,60,66,67). The highest BCUT2D eigenvalue weighted by Gasteiger charge is 2.31. The van der Waals surface area contributed by atoms with Gasteiger partial charge in [0.05, 0.1) is 0 Å². The fraction of sp³-hybridized carbons (Fsp3) is 0.436. The topological polar surface area (TPSA) is 174 Å². The number of imide groups is 1. The van der Waals surface area contributed by atoms with E-state index in [2.05, 4.69) is 67.1 Å². The number of amides is 5. The fourth-order valence-corrected chi connectivity index (χ4v) is 10.5. The second-order valence-corrected chi connectivity index (χ2v) is 20.5. The molecule has 71 heavy (non-hydrogen) atoms. The molecule has 0 spiro atoms. The first-order valence-electron chi connectivity index (χ1n) is 25.1. The number of hydrogen-bond acceptors (Lipinski definition) is 11. The second kappa shape index (κ2) is 21.2. The third-order valence-electron chi connectivity index (χ3n) is 14.5. The quantitative estimate of drug-likeness (QED) is 0.106. The van der Waals surface area contributed by atoms with Crippen LogP contribution in [0.25, 0.3) is 28.2 Å². The molecular formula is C55H66N10O6. The number of nitrogens with one attached hydrogen (secondary N) is 3. The average molecular weight is 963 g/mol. The Kier molecular flexibility index (Phi) is 14.7. The van der Waals surface area contributed by atoms with Crippen LogP contribution in [0, 0.1) is 5.92 Å². The fourth-order valence-electron chi connectivity index (χ4n) is 10.5. The Morgan fingerprint density at radius 1 is 0.817 bits per heavy atom. The van der Waals surface area contributed by atoms with Crippen molar-refractivity contribution in [1.29, 1.82) is 0 Å². The smallest absolute Gasteiger partial charge is 0.413 e. The summed E-state index contributed by atoms with van der Waals surface area (Å²) >= 11 is 0. The van der Waals surface area contributed by atoms with Crippen LogP contribution in [-0.2, 0) is 27.9 Å². The number of nitrogens with zero attached hydrogens (tertiary/aromatic N) is 7. The maximum atomic E-state index is 13.7. The third kappa shape index (κ3) is 11.7. The summed E-state index contributed by atoms with van der Waals surface area (Å²) in [4.78, 5) is 81.5. The van der Waals surface area contributed by atoms with Crippen molar-refractivity contribution in [2.75, 3.05) is 69.5 Å². The number of aryl methyl sites for hydroxylation is 1. The zero-order chi connectivity index (χ0) is 49.8. The highest BCUT2D eigenvalue weighted by atomic mass is 16.6. The Labute approximate surface area is 415 Å². The summed E-state index contributed by atoms with van der Waals surface area (Å²) in [5.74, 6) is 0.837. The minimum absolute atomic E-state index is 0.0318. The Balaban J connectivity index is 0.704. The number of piperidine rings is 3. The molecule has 4 saturated heterocycles. The van der Waals surface area contributed by atoms with E-state index in [9.17, 15) is 24.0 Å². The van der Waals surface area contributed by atoms with Crippen LogP contribution >= 0.6 is 0 Å². The number of pyridine rings is 2. The van der Waals surface area contributed by atoms with Crippen LogP contribution in [-0.4, -0.2) is 134 Å². The molecule has 2 aromatic carbocycles. The number of fused-ring (bicyclic) bond motifs is 1. The molecular weight excluding hydrogens is 897 g/mol. The van der Waals surface area contributed by atoms with E-state index in [0.29, 0.717) is 54.0 Å². The molecule has 5 amide bonds. The van der Waals surface area contributed by atoms with Crippen molar-refractivity contribution in [3.05, 3.63) is 114 Å². The van der Waals surface area contributed by atoms with Crippen molar-refractivity contribution in [3.8, 4) is 11.1 Å². The SMILES string of the molecule is C=Cc1cc(NC2CCC(=O)NC2=O)ccc1C(=O)N1CCN(CC2CCN(C(=O)c3ccc(C4CCN(Cc5cc6c(-c7ccc(NC(=O)OC(C)(C)C)nc7)ccnc6n5C)CC4)cc3)CC2)CC1. The molecule has 1 unspecified atom stereocenters. The van der Waals surface area contributed by atoms with E-state index < -0.39 is 17.7 Å². The summed E-state index contributed by atoms with van der Waals surface area (Å²) in [6.45, 7) is 17.5. The molecule has 5 aromatic rings. The van der Waals surface area contributed by atoms with Crippen molar-refractivity contribution in [2.24, 2.45) is 13.0 Å². The maximum Gasteiger partial charge on any atom is 0.413 e. The number of rotatable bonds is 12. The van der Waals surface area contributed by atoms with E-state index in [-0.39, 0.29) is 30.0 Å². The van der Waals surface area contributed by atoms with Gasteiger partial charge in [0, 0.05) is 112 Å². The van der Waals surface area contributed by atoms with Crippen LogP contribution < -0.4 is 16.0 Å². The lowest BCUT2D eigenvalue weighted by Crippen LogP contribution is -2.50. The highest BCUT2D eigenvalue weighted by Crippen LogP contribution is 2.33. The lowest BCUT2D eigenvalue weighted by atomic mass is 9.88. The van der Waals surface area contributed by atoms with Crippen molar-refractivity contribution < 1.29 is 28.7 Å². The lowest BCUT2D eigenvalue weighted by Gasteiger charge is -2.39. The molecule has 0 bridgehead atoms. The number of aromatic nitrogens is 3. The van der Waals surface area contributed by atoms with Gasteiger partial charge in [0.15, 0.2) is 0 Å². The number of ether oxygens (including phenoxy) is 1. The van der Waals surface area contributed by atoms with Crippen LogP contribution in [0.15, 0.2) is 85.7 Å². The molecule has 3 aromatic heterocycles. The summed E-state index contributed by atoms with van der Waals surface area (Å²) in [7, 11) is 2.07. The zero-order valence-electron chi connectivity index (χ0n) is 41.4. The molecule has 0 aliphatic carbocycles. The van der Waals surface area contributed by atoms with Crippen molar-refractivity contribution in [2.45, 2.75) is 83.4 Å². The van der Waals surface area contributed by atoms with Gasteiger partial charge < -0.3 is 24.4 Å². The van der Waals surface area contributed by atoms with Gasteiger partial charge in [0.2, 0.25) is 11.8 Å². The zero-order valence-corrected chi connectivity index (χ0v) is 41.4. The van der Waals surface area contributed by atoms with Gasteiger partial charge >= 0.3 is 6.09 Å². The normalized spacial score (nSPS) is 18.8. The van der Waals surface area contributed by atoms with Gasteiger partial charge in [-0.25, -0.2) is 14.8 Å². The predicted octanol–water partition coefficient (Wildman–Crippen LogP) is 7.53. The largest absolute Gasteiger partial charge is 0.444 e. The first kappa shape index (κ1) is 49.1. The van der Waals surface area contributed by atoms with Crippen molar-refractivity contribution in [1.82, 2.24) is 39.5 Å². The maximum absolute atomic E-state index is 13.7. The number of piperazine rings is 1. The lowest BCUT2D eigenvalue weighted by molar-refractivity contribution is -0.133. The van der Waals surface area contributed by atoms with Gasteiger partial charge in [0.25, 0.3) is 11.8 Å². The van der Waals surface area contributed by atoms with Gasteiger partial charge in [-0.2, -0.15) is 0 Å². The molecule has 4 aliphatic rings. The minimum Gasteiger partial charge on any atom is -0.444 e. The van der Waals surface area contributed by atoms with Crippen LogP contribution in [0.3, 0.4) is 0 Å². The Morgan fingerprint density at radius 3 is 2.23 bits per heavy atom. The number of hydrogen-bond donors (Lipinski definition) is 3. The summed E-state index contributed by atoms with van der Waals surface area (Å²) in [6.07, 6.45) is 9.44. The molecule has 16 nitrogen and oxygen atoms in total. The van der Waals surface area contributed by atoms with E-state index in [1.807, 2.05) is 67.1 Å². The second-order valence-electron chi connectivity index (χ2n) is 20.5. The first-order valence-corrected chi connectivity index (χ1v) is 25.1. The molecule has 16 heteroatoms. The highest BCUT2D eigenvalue weighted by molar-refractivity contribution is 6.02. The van der Waals surface area contributed by atoms with Gasteiger partial charge in [-0.1, -0.05) is 24.8 Å². The Morgan fingerprint density at radius 2 is 1.55 bits per heavy atom. The monoisotopic (exact) mass is 963 g/mol. The average Bonchev–Trinajstić information content (AvgIpc) is 3.68. The number of benzene rings is 2. The van der Waals surface area contributed by atoms with Gasteiger partial charge in [-0.15, -0.1) is 0 Å². The number of carbonyl (C=O) groups is 5. The molecule has 3 N–H and O–H groups in total. The van der Waals surface area contributed by atoms with Crippen LogP contribution in [0.5, 0.6) is 0 Å². The van der Waals surface area contributed by atoms with Gasteiger partial charge in [0.1, 0.15) is 23.1 Å². The van der Waals surface area contributed by atoms with E-state index in [4.69, 9.17) is 9.72 Å². The number of likely N-dealkylation sites (tertiary alicyclic amines) is 2. The Bertz CT molecular complexity index is 2780. The van der Waals surface area contributed by atoms with Crippen LogP contribution in [0.1, 0.15) is 103 Å². The molecule has 9 rings (SSSR count). The summed E-state index contributed by atoms with van der Waals surface area (Å²) in [5.41, 5.74) is 7.50. The number of carbonyl (C=O) groups excluding carboxylic acids is 5. The van der Waals surface area contributed by atoms with Gasteiger partial charge in [-0.3, -0.25) is 39.6 Å². The van der Waals surface area contributed by atoms with Gasteiger partial charge in [-0.05, 0) is 149 Å². The summed E-state index contributed by atoms with van der Waals surface area (Å²) in [5, 5.41) is 9.32.